The molecule has 0 spiro atoms. The van der Waals surface area contributed by atoms with Gasteiger partial charge in [0, 0.05) is 23.1 Å². The normalized spacial score (nSPS) is 10.3. The van der Waals surface area contributed by atoms with Crippen molar-refractivity contribution in [3.63, 3.8) is 0 Å². The van der Waals surface area contributed by atoms with Gasteiger partial charge in [-0.05, 0) is 56.2 Å². The molecule has 2 aromatic carbocycles. The van der Waals surface area contributed by atoms with Crippen LogP contribution >= 0.6 is 15.9 Å². The zero-order valence-electron chi connectivity index (χ0n) is 15.0. The van der Waals surface area contributed by atoms with Gasteiger partial charge in [-0.3, -0.25) is 9.59 Å². The highest BCUT2D eigenvalue weighted by Gasteiger charge is 2.11. The number of para-hydroxylation sites is 1. The second kappa shape index (κ2) is 9.97. The molecule has 2 amide bonds. The molecule has 0 heterocycles. The molecule has 2 N–H and O–H groups in total. The Morgan fingerprint density at radius 2 is 1.92 bits per heavy atom. The van der Waals surface area contributed by atoms with Crippen LogP contribution in [0.3, 0.4) is 0 Å². The van der Waals surface area contributed by atoms with Gasteiger partial charge in [-0.2, -0.15) is 0 Å². The number of halogens is 1. The zero-order chi connectivity index (χ0) is 18.9. The van der Waals surface area contributed by atoms with Gasteiger partial charge in [-0.15, -0.1) is 0 Å². The van der Waals surface area contributed by atoms with Crippen LogP contribution in [0.2, 0.25) is 0 Å². The van der Waals surface area contributed by atoms with E-state index in [1.165, 1.54) is 0 Å². The van der Waals surface area contributed by atoms with E-state index in [0.717, 1.165) is 15.7 Å². The largest absolute Gasteiger partial charge is 0.493 e. The first kappa shape index (κ1) is 20.0. The van der Waals surface area contributed by atoms with E-state index < -0.39 is 0 Å². The van der Waals surface area contributed by atoms with Crippen LogP contribution in [0, 0.1) is 6.92 Å². The highest BCUT2D eigenvalue weighted by atomic mass is 79.9. The van der Waals surface area contributed by atoms with Crippen LogP contribution < -0.4 is 15.4 Å². The van der Waals surface area contributed by atoms with E-state index >= 15 is 0 Å². The van der Waals surface area contributed by atoms with Crippen LogP contribution in [-0.2, 0) is 4.79 Å². The molecule has 26 heavy (non-hydrogen) atoms. The lowest BCUT2D eigenvalue weighted by Gasteiger charge is -2.10. The van der Waals surface area contributed by atoms with Crippen LogP contribution in [0.4, 0.5) is 5.69 Å². The molecular formula is C20H23BrN2O3. The quantitative estimate of drug-likeness (QED) is 0.627. The first-order valence-electron chi connectivity index (χ1n) is 8.57. The van der Waals surface area contributed by atoms with Gasteiger partial charge in [0.05, 0.1) is 12.2 Å². The Kier molecular flexibility index (Phi) is 7.66. The van der Waals surface area contributed by atoms with Crippen LogP contribution in [0.1, 0.15) is 35.7 Å². The molecule has 5 nitrogen and oxygen atoms in total. The number of anilines is 1. The van der Waals surface area contributed by atoms with Crippen molar-refractivity contribution in [2.45, 2.75) is 26.7 Å². The molecule has 0 saturated carbocycles. The van der Waals surface area contributed by atoms with Crippen LogP contribution in [0.25, 0.3) is 0 Å². The fraction of sp³-hybridized carbons (Fsp3) is 0.300. The third-order valence-corrected chi connectivity index (χ3v) is 4.63. The molecule has 0 unspecified atom stereocenters. The number of hydrogen-bond acceptors (Lipinski definition) is 3. The van der Waals surface area contributed by atoms with E-state index in [0.29, 0.717) is 37.3 Å². The van der Waals surface area contributed by atoms with Crippen molar-refractivity contribution in [3.05, 3.63) is 58.1 Å². The summed E-state index contributed by atoms with van der Waals surface area (Å²) in [7, 11) is 0. The molecule has 0 atom stereocenters. The van der Waals surface area contributed by atoms with Crippen molar-refractivity contribution in [2.24, 2.45) is 0 Å². The fourth-order valence-corrected chi connectivity index (χ4v) is 2.67. The van der Waals surface area contributed by atoms with Gasteiger partial charge >= 0.3 is 0 Å². The highest BCUT2D eigenvalue weighted by Crippen LogP contribution is 2.20. The van der Waals surface area contributed by atoms with Crippen molar-refractivity contribution >= 4 is 33.4 Å². The summed E-state index contributed by atoms with van der Waals surface area (Å²) in [6.07, 6.45) is 0.895. The maximum Gasteiger partial charge on any atom is 0.255 e. The smallest absolute Gasteiger partial charge is 0.255 e. The van der Waals surface area contributed by atoms with Crippen molar-refractivity contribution < 1.29 is 14.3 Å². The second-order valence-electron chi connectivity index (χ2n) is 5.80. The van der Waals surface area contributed by atoms with E-state index in [-0.39, 0.29) is 11.8 Å². The number of rotatable bonds is 8. The molecule has 0 aliphatic carbocycles. The Labute approximate surface area is 162 Å². The first-order chi connectivity index (χ1) is 12.5. The summed E-state index contributed by atoms with van der Waals surface area (Å²) in [5, 5.41) is 5.69. The molecule has 2 rings (SSSR count). The van der Waals surface area contributed by atoms with E-state index in [1.54, 1.807) is 18.2 Å². The van der Waals surface area contributed by atoms with Crippen LogP contribution in [0.5, 0.6) is 5.75 Å². The highest BCUT2D eigenvalue weighted by molar-refractivity contribution is 9.10. The standard InChI is InChI=1S/C20H23BrN2O3/c1-3-26-18-8-5-4-7-16(18)20(25)22-12-6-9-19(24)23-15-10-11-17(21)14(2)13-15/h4-5,7-8,10-11,13H,3,6,9,12H2,1-2H3,(H,22,25)(H,23,24). The SMILES string of the molecule is CCOc1ccccc1C(=O)NCCCC(=O)Nc1ccc(Br)c(C)c1. The van der Waals surface area contributed by atoms with E-state index in [2.05, 4.69) is 26.6 Å². The fourth-order valence-electron chi connectivity index (χ4n) is 2.43. The minimum absolute atomic E-state index is 0.0734. The van der Waals surface area contributed by atoms with Gasteiger partial charge < -0.3 is 15.4 Å². The molecule has 0 aliphatic heterocycles. The first-order valence-corrected chi connectivity index (χ1v) is 9.36. The number of ether oxygens (including phenoxy) is 1. The van der Waals surface area contributed by atoms with Gasteiger partial charge in [0.25, 0.3) is 5.91 Å². The summed E-state index contributed by atoms with van der Waals surface area (Å²) in [4.78, 5) is 24.3. The summed E-state index contributed by atoms with van der Waals surface area (Å²) < 4.78 is 6.46. The number of hydrogen-bond donors (Lipinski definition) is 2. The van der Waals surface area contributed by atoms with Gasteiger partial charge in [0.2, 0.25) is 5.91 Å². The third-order valence-electron chi connectivity index (χ3n) is 3.74. The lowest BCUT2D eigenvalue weighted by molar-refractivity contribution is -0.116. The molecule has 0 saturated heterocycles. The lowest BCUT2D eigenvalue weighted by Crippen LogP contribution is -2.26. The number of benzene rings is 2. The summed E-state index contributed by atoms with van der Waals surface area (Å²) in [6, 6.07) is 12.8. The lowest BCUT2D eigenvalue weighted by atomic mass is 10.2. The van der Waals surface area contributed by atoms with Crippen LogP contribution in [0.15, 0.2) is 46.9 Å². The Morgan fingerprint density at radius 3 is 2.65 bits per heavy atom. The summed E-state index contributed by atoms with van der Waals surface area (Å²) >= 11 is 3.43. The van der Waals surface area contributed by atoms with Gasteiger partial charge in [0.1, 0.15) is 5.75 Å². The van der Waals surface area contributed by atoms with Crippen molar-refractivity contribution in [1.29, 1.82) is 0 Å². The molecule has 6 heteroatoms. The monoisotopic (exact) mass is 418 g/mol. The minimum Gasteiger partial charge on any atom is -0.493 e. The third kappa shape index (κ3) is 5.88. The summed E-state index contributed by atoms with van der Waals surface area (Å²) in [5.74, 6) is 0.296. The van der Waals surface area contributed by atoms with Crippen molar-refractivity contribution in [2.75, 3.05) is 18.5 Å². The summed E-state index contributed by atoms with van der Waals surface area (Å²) in [6.45, 7) is 4.77. The Balaban J connectivity index is 1.76. The topological polar surface area (TPSA) is 67.4 Å². The number of carbonyl (C=O) groups excluding carboxylic acids is 2. The summed E-state index contributed by atoms with van der Waals surface area (Å²) in [5.41, 5.74) is 2.33. The molecule has 0 aromatic heterocycles. The Morgan fingerprint density at radius 1 is 1.15 bits per heavy atom. The maximum atomic E-state index is 12.2. The predicted molar refractivity (Wildman–Crippen MR) is 107 cm³/mol. The molecular weight excluding hydrogens is 396 g/mol. The van der Waals surface area contributed by atoms with Gasteiger partial charge in [0.15, 0.2) is 0 Å². The molecule has 2 aromatic rings. The van der Waals surface area contributed by atoms with Gasteiger partial charge in [-0.1, -0.05) is 28.1 Å². The van der Waals surface area contributed by atoms with E-state index in [1.807, 2.05) is 38.1 Å². The number of carbonyl (C=O) groups is 2. The predicted octanol–water partition coefficient (Wildman–Crippen LogP) is 4.30. The number of aryl methyl sites for hydroxylation is 1. The average Bonchev–Trinajstić information content (AvgIpc) is 2.62. The zero-order valence-corrected chi connectivity index (χ0v) is 16.6. The maximum absolute atomic E-state index is 12.2. The minimum atomic E-state index is -0.196. The second-order valence-corrected chi connectivity index (χ2v) is 6.66. The van der Waals surface area contributed by atoms with E-state index in [9.17, 15) is 9.59 Å². The Hall–Kier alpha value is -2.34. The van der Waals surface area contributed by atoms with E-state index in [4.69, 9.17) is 4.74 Å². The molecule has 0 radical (unpaired) electrons. The van der Waals surface area contributed by atoms with Crippen LogP contribution in [-0.4, -0.2) is 25.0 Å². The Bertz CT molecular complexity index is 777. The molecule has 0 bridgehead atoms. The number of nitrogens with one attached hydrogen (secondary N) is 2. The average molecular weight is 419 g/mol. The number of amides is 2. The molecule has 0 aliphatic rings. The molecule has 0 fully saturated rings. The van der Waals surface area contributed by atoms with Gasteiger partial charge in [-0.25, -0.2) is 0 Å². The van der Waals surface area contributed by atoms with Crippen molar-refractivity contribution in [3.8, 4) is 5.75 Å². The molecule has 138 valence electrons. The van der Waals surface area contributed by atoms with Crippen molar-refractivity contribution in [1.82, 2.24) is 5.32 Å².